The largest absolute Gasteiger partial charge is 0.545 e. The molecule has 1 aromatic rings. The Hall–Kier alpha value is -1.76. The van der Waals surface area contributed by atoms with Gasteiger partial charge in [-0.1, -0.05) is 0 Å². The zero-order valence-corrected chi connectivity index (χ0v) is 10.5. The Balaban J connectivity index is 3.16. The van der Waals surface area contributed by atoms with E-state index in [1.807, 2.05) is 0 Å². The van der Waals surface area contributed by atoms with Crippen LogP contribution in [-0.2, 0) is 11.0 Å². The van der Waals surface area contributed by atoms with Crippen molar-refractivity contribution in [1.82, 2.24) is 0 Å². The van der Waals surface area contributed by atoms with E-state index in [0.717, 1.165) is 36.0 Å². The van der Waals surface area contributed by atoms with Gasteiger partial charge in [0.05, 0.1) is 11.5 Å². The minimum Gasteiger partial charge on any atom is -0.545 e. The maximum absolute atomic E-state index is 12.5. The minimum atomic E-state index is -4.49. The lowest BCUT2D eigenvalue weighted by molar-refractivity contribution is -0.297. The molecule has 7 heteroatoms. The second kappa shape index (κ2) is 5.92. The highest BCUT2D eigenvalue weighted by Crippen LogP contribution is 2.33. The fraction of sp³-hybridized carbons (Fsp3) is 0.167. The SMILES string of the molecule is CSc1cc(C(F)(F)F)ccc1C(=O)C=CC(=O)[O-]. The van der Waals surface area contributed by atoms with E-state index in [4.69, 9.17) is 0 Å². The smallest absolute Gasteiger partial charge is 0.416 e. The van der Waals surface area contributed by atoms with Gasteiger partial charge in [0, 0.05) is 10.5 Å². The topological polar surface area (TPSA) is 57.2 Å². The third-order valence-corrected chi connectivity index (χ3v) is 2.94. The number of rotatable bonds is 4. The molecule has 0 N–H and O–H groups in total. The highest BCUT2D eigenvalue weighted by molar-refractivity contribution is 7.98. The number of carbonyl (C=O) groups is 2. The average Bonchev–Trinajstić information content (AvgIpc) is 2.33. The maximum Gasteiger partial charge on any atom is 0.416 e. The van der Waals surface area contributed by atoms with Crippen molar-refractivity contribution in [3.05, 3.63) is 41.5 Å². The van der Waals surface area contributed by atoms with Gasteiger partial charge in [-0.15, -0.1) is 11.8 Å². The number of carboxylic acids is 1. The molecule has 3 nitrogen and oxygen atoms in total. The molecule has 1 rings (SSSR count). The minimum absolute atomic E-state index is 0.0120. The van der Waals surface area contributed by atoms with Gasteiger partial charge in [0.1, 0.15) is 0 Å². The molecule has 0 radical (unpaired) electrons. The van der Waals surface area contributed by atoms with Crippen LogP contribution < -0.4 is 5.11 Å². The summed E-state index contributed by atoms with van der Waals surface area (Å²) in [5.74, 6) is -2.24. The summed E-state index contributed by atoms with van der Waals surface area (Å²) >= 11 is 0.971. The summed E-state index contributed by atoms with van der Waals surface area (Å²) in [6.45, 7) is 0. The number of hydrogen-bond acceptors (Lipinski definition) is 4. The number of thioether (sulfide) groups is 1. The lowest BCUT2D eigenvalue weighted by Crippen LogP contribution is -2.19. The Morgan fingerprint density at radius 1 is 1.26 bits per heavy atom. The van der Waals surface area contributed by atoms with E-state index >= 15 is 0 Å². The van der Waals surface area contributed by atoms with E-state index in [9.17, 15) is 27.9 Å². The van der Waals surface area contributed by atoms with Crippen molar-refractivity contribution in [3.63, 3.8) is 0 Å². The zero-order valence-electron chi connectivity index (χ0n) is 9.65. The van der Waals surface area contributed by atoms with Crippen molar-refractivity contribution in [2.75, 3.05) is 6.26 Å². The molecule has 0 heterocycles. The molecular formula is C12H8F3O3S-. The van der Waals surface area contributed by atoms with Gasteiger partial charge in [0.2, 0.25) is 0 Å². The van der Waals surface area contributed by atoms with Crippen LogP contribution in [0.15, 0.2) is 35.2 Å². The molecule has 0 aromatic heterocycles. The Bertz CT molecular complexity index is 536. The van der Waals surface area contributed by atoms with E-state index in [1.165, 1.54) is 6.26 Å². The van der Waals surface area contributed by atoms with Crippen molar-refractivity contribution in [2.24, 2.45) is 0 Å². The van der Waals surface area contributed by atoms with Crippen LogP contribution in [0, 0.1) is 0 Å². The number of benzene rings is 1. The number of halogens is 3. The van der Waals surface area contributed by atoms with Crippen LogP contribution in [0.2, 0.25) is 0 Å². The van der Waals surface area contributed by atoms with E-state index in [-0.39, 0.29) is 10.5 Å². The predicted octanol–water partition coefficient (Wildman–Crippen LogP) is 1.92. The number of allylic oxidation sites excluding steroid dienone is 1. The Morgan fingerprint density at radius 2 is 1.89 bits per heavy atom. The van der Waals surface area contributed by atoms with E-state index in [0.29, 0.717) is 6.08 Å². The summed E-state index contributed by atoms with van der Waals surface area (Å²) in [5.41, 5.74) is -0.852. The monoisotopic (exact) mass is 289 g/mol. The molecule has 0 fully saturated rings. The van der Waals surface area contributed by atoms with Crippen LogP contribution >= 0.6 is 11.8 Å². The van der Waals surface area contributed by atoms with Crippen LogP contribution in [-0.4, -0.2) is 18.0 Å². The fourth-order valence-corrected chi connectivity index (χ4v) is 1.94. The molecule has 0 spiro atoms. The summed E-state index contributed by atoms with van der Waals surface area (Å²) in [6, 6.07) is 2.65. The van der Waals surface area contributed by atoms with Crippen LogP contribution in [0.5, 0.6) is 0 Å². The molecular weight excluding hydrogens is 281 g/mol. The zero-order chi connectivity index (χ0) is 14.6. The Kier molecular flexibility index (Phi) is 4.77. The molecule has 0 bridgehead atoms. The second-order valence-electron chi connectivity index (χ2n) is 3.43. The predicted molar refractivity (Wildman–Crippen MR) is 61.7 cm³/mol. The molecule has 102 valence electrons. The van der Waals surface area contributed by atoms with Gasteiger partial charge in [-0.3, -0.25) is 4.79 Å². The standard InChI is InChI=1S/C12H9F3O3S/c1-19-10-6-7(12(13,14)15)2-3-8(10)9(16)4-5-11(17)18/h2-6H,1H3,(H,17,18)/p-1. The van der Waals surface area contributed by atoms with Crippen molar-refractivity contribution in [3.8, 4) is 0 Å². The normalized spacial score (nSPS) is 11.8. The molecule has 0 saturated carbocycles. The number of hydrogen-bond donors (Lipinski definition) is 0. The lowest BCUT2D eigenvalue weighted by Gasteiger charge is -2.10. The van der Waals surface area contributed by atoms with Crippen LogP contribution in [0.25, 0.3) is 0 Å². The molecule has 0 aliphatic carbocycles. The first-order chi connectivity index (χ1) is 8.75. The number of aliphatic carboxylic acids is 1. The Morgan fingerprint density at radius 3 is 2.37 bits per heavy atom. The van der Waals surface area contributed by atoms with Gasteiger partial charge in [-0.25, -0.2) is 0 Å². The summed E-state index contributed by atoms with van der Waals surface area (Å²) in [4.78, 5) is 21.9. The molecule has 0 atom stereocenters. The van der Waals surface area contributed by atoms with Crippen molar-refractivity contribution in [1.29, 1.82) is 0 Å². The maximum atomic E-state index is 12.5. The van der Waals surface area contributed by atoms with Gasteiger partial charge >= 0.3 is 6.18 Å². The summed E-state index contributed by atoms with van der Waals surface area (Å²) < 4.78 is 37.5. The average molecular weight is 289 g/mol. The molecule has 0 aliphatic rings. The highest BCUT2D eigenvalue weighted by Gasteiger charge is 2.31. The van der Waals surface area contributed by atoms with Gasteiger partial charge in [0.15, 0.2) is 5.78 Å². The second-order valence-corrected chi connectivity index (χ2v) is 4.28. The van der Waals surface area contributed by atoms with Crippen molar-refractivity contribution >= 4 is 23.5 Å². The van der Waals surface area contributed by atoms with Crippen molar-refractivity contribution < 1.29 is 27.9 Å². The third kappa shape index (κ3) is 4.13. The summed E-state index contributed by atoms with van der Waals surface area (Å²) in [6.07, 6.45) is -1.69. The lowest BCUT2D eigenvalue weighted by atomic mass is 10.1. The van der Waals surface area contributed by atoms with Gasteiger partial charge < -0.3 is 9.90 Å². The number of alkyl halides is 3. The molecule has 0 saturated heterocycles. The van der Waals surface area contributed by atoms with E-state index in [1.54, 1.807) is 0 Å². The quantitative estimate of drug-likeness (QED) is 0.483. The van der Waals surface area contributed by atoms with Crippen molar-refractivity contribution in [2.45, 2.75) is 11.1 Å². The highest BCUT2D eigenvalue weighted by atomic mass is 32.2. The first kappa shape index (κ1) is 15.3. The van der Waals surface area contributed by atoms with E-state index < -0.39 is 23.5 Å². The number of carboxylic acid groups (broad SMARTS) is 1. The Labute approximate surface area is 111 Å². The third-order valence-electron chi connectivity index (χ3n) is 2.17. The van der Waals surface area contributed by atoms with E-state index in [2.05, 4.69) is 0 Å². The van der Waals surface area contributed by atoms with Gasteiger partial charge in [-0.2, -0.15) is 13.2 Å². The molecule has 1 aromatic carbocycles. The first-order valence-corrected chi connectivity index (χ1v) is 6.17. The fourth-order valence-electron chi connectivity index (χ4n) is 1.30. The molecule has 0 aliphatic heterocycles. The number of carbonyl (C=O) groups excluding carboxylic acids is 2. The number of ketones is 1. The summed E-state index contributed by atoms with van der Waals surface area (Å²) in [5, 5.41) is 10.2. The first-order valence-electron chi connectivity index (χ1n) is 4.94. The van der Waals surface area contributed by atoms with Gasteiger partial charge in [-0.05, 0) is 36.6 Å². The van der Waals surface area contributed by atoms with Gasteiger partial charge in [0.25, 0.3) is 0 Å². The van der Waals surface area contributed by atoms with Crippen LogP contribution in [0.4, 0.5) is 13.2 Å². The summed E-state index contributed by atoms with van der Waals surface area (Å²) in [7, 11) is 0. The molecule has 0 amide bonds. The molecule has 19 heavy (non-hydrogen) atoms. The van der Waals surface area contributed by atoms with Crippen LogP contribution in [0.1, 0.15) is 15.9 Å². The van der Waals surface area contributed by atoms with Crippen LogP contribution in [0.3, 0.4) is 0 Å². The molecule has 0 unspecified atom stereocenters.